The van der Waals surface area contributed by atoms with E-state index in [0.717, 1.165) is 21.6 Å². The maximum atomic E-state index is 14.0. The molecule has 3 aromatic carbocycles. The van der Waals surface area contributed by atoms with Gasteiger partial charge in [-0.2, -0.15) is 0 Å². The molecule has 0 amide bonds. The lowest BCUT2D eigenvalue weighted by atomic mass is 9.96. The first kappa shape index (κ1) is 31.1. The second-order valence-electron chi connectivity index (χ2n) is 9.49. The Balaban J connectivity index is 1.58. The number of rotatable bonds is 9. The predicted octanol–water partition coefficient (Wildman–Crippen LogP) is 6.52. The first-order valence-corrected chi connectivity index (χ1v) is 16.5. The van der Waals surface area contributed by atoms with Crippen LogP contribution in [-0.4, -0.2) is 30.5 Å². The standard InChI is InChI=1S/C32H28BrClN2O5S2/c1-5-40-31(38)27-18(2)35-32-36(28(27)20-10-12-22(42-4)13-11-20)30(37)26(43-32)16-19-14-23(33)29(25(15-19)39-3)41-17-21-8-6-7-9-24(21)34/h6-16,28H,5,17H2,1-4H3/b26-16-/t28-/m0/s1. The van der Waals surface area contributed by atoms with Gasteiger partial charge in [-0.3, -0.25) is 9.36 Å². The van der Waals surface area contributed by atoms with Gasteiger partial charge in [0.1, 0.15) is 6.61 Å². The summed E-state index contributed by atoms with van der Waals surface area (Å²) in [5.74, 6) is 0.523. The molecular formula is C32H28BrClN2O5S2. The Kier molecular flexibility index (Phi) is 9.81. The van der Waals surface area contributed by atoms with Crippen molar-refractivity contribution >= 4 is 62.7 Å². The van der Waals surface area contributed by atoms with E-state index >= 15 is 0 Å². The van der Waals surface area contributed by atoms with Gasteiger partial charge in [-0.25, -0.2) is 9.79 Å². The van der Waals surface area contributed by atoms with Crippen molar-refractivity contribution in [1.82, 2.24) is 4.57 Å². The minimum atomic E-state index is -0.671. The Bertz CT molecular complexity index is 1900. The van der Waals surface area contributed by atoms with Crippen LogP contribution in [0.4, 0.5) is 0 Å². The van der Waals surface area contributed by atoms with Crippen molar-refractivity contribution in [3.63, 3.8) is 0 Å². The molecule has 7 nitrogen and oxygen atoms in total. The minimum absolute atomic E-state index is 0.215. The highest BCUT2D eigenvalue weighted by Crippen LogP contribution is 2.38. The summed E-state index contributed by atoms with van der Waals surface area (Å²) in [5.41, 5.74) is 2.98. The molecule has 0 N–H and O–H groups in total. The van der Waals surface area contributed by atoms with Crippen LogP contribution in [0.15, 0.2) is 91.1 Å². The maximum absolute atomic E-state index is 14.0. The molecule has 0 bridgehead atoms. The van der Waals surface area contributed by atoms with Crippen molar-refractivity contribution in [3.05, 3.63) is 118 Å². The molecule has 0 saturated heterocycles. The third kappa shape index (κ3) is 6.47. The Hall–Kier alpha value is -3.31. The van der Waals surface area contributed by atoms with E-state index in [0.29, 0.717) is 41.6 Å². The summed E-state index contributed by atoms with van der Waals surface area (Å²) in [4.78, 5) is 33.4. The van der Waals surface area contributed by atoms with Crippen LogP contribution in [0, 0.1) is 0 Å². The van der Waals surface area contributed by atoms with Gasteiger partial charge in [-0.15, -0.1) is 11.8 Å². The number of hydrogen-bond donors (Lipinski definition) is 0. The van der Waals surface area contributed by atoms with Crippen molar-refractivity contribution < 1.29 is 19.0 Å². The van der Waals surface area contributed by atoms with Crippen LogP contribution in [0.2, 0.25) is 5.02 Å². The fourth-order valence-corrected chi connectivity index (χ4v) is 6.99. The summed E-state index contributed by atoms with van der Waals surface area (Å²) in [6.07, 6.45) is 3.78. The summed E-state index contributed by atoms with van der Waals surface area (Å²) in [6, 6.07) is 18.3. The van der Waals surface area contributed by atoms with E-state index in [2.05, 4.69) is 20.9 Å². The number of thioether (sulfide) groups is 1. The minimum Gasteiger partial charge on any atom is -0.493 e. The number of esters is 1. The lowest BCUT2D eigenvalue weighted by Crippen LogP contribution is -2.39. The van der Waals surface area contributed by atoms with E-state index < -0.39 is 12.0 Å². The SMILES string of the molecule is CCOC(=O)C1=C(C)N=c2s/c(=C\c3cc(Br)c(OCc4ccccc4Cl)c(OC)c3)c(=O)n2[C@H]1c1ccc(SC)cc1. The molecule has 0 spiro atoms. The zero-order valence-electron chi connectivity index (χ0n) is 23.9. The summed E-state index contributed by atoms with van der Waals surface area (Å²) in [6.45, 7) is 4.00. The third-order valence-electron chi connectivity index (χ3n) is 6.83. The number of halogens is 2. The van der Waals surface area contributed by atoms with Crippen LogP contribution >= 0.6 is 50.6 Å². The van der Waals surface area contributed by atoms with E-state index in [4.69, 9.17) is 25.8 Å². The maximum Gasteiger partial charge on any atom is 0.338 e. The molecule has 4 aromatic rings. The smallest absolute Gasteiger partial charge is 0.338 e. The van der Waals surface area contributed by atoms with E-state index in [-0.39, 0.29) is 18.8 Å². The molecule has 0 aliphatic carbocycles. The van der Waals surface area contributed by atoms with Crippen molar-refractivity contribution in [1.29, 1.82) is 0 Å². The third-order valence-corrected chi connectivity index (χ3v) is 9.51. The first-order valence-electron chi connectivity index (χ1n) is 13.3. The molecule has 1 atom stereocenters. The van der Waals surface area contributed by atoms with E-state index in [1.165, 1.54) is 11.3 Å². The van der Waals surface area contributed by atoms with Crippen LogP contribution < -0.4 is 24.4 Å². The van der Waals surface area contributed by atoms with Crippen LogP contribution in [0.5, 0.6) is 11.5 Å². The number of hydrogen-bond acceptors (Lipinski definition) is 8. The highest BCUT2D eigenvalue weighted by atomic mass is 79.9. The molecule has 222 valence electrons. The summed E-state index contributed by atoms with van der Waals surface area (Å²) in [5, 5.41) is 0.615. The van der Waals surface area contributed by atoms with Crippen LogP contribution in [0.1, 0.15) is 36.6 Å². The Morgan fingerprint density at radius 3 is 2.60 bits per heavy atom. The van der Waals surface area contributed by atoms with Crippen LogP contribution in [-0.2, 0) is 16.1 Å². The molecule has 43 heavy (non-hydrogen) atoms. The Labute approximate surface area is 270 Å². The topological polar surface area (TPSA) is 79.1 Å². The molecule has 0 radical (unpaired) electrons. The number of benzene rings is 3. The van der Waals surface area contributed by atoms with Gasteiger partial charge in [-0.1, -0.05) is 53.3 Å². The van der Waals surface area contributed by atoms with Crippen molar-refractivity contribution in [2.75, 3.05) is 20.0 Å². The van der Waals surface area contributed by atoms with E-state index in [1.54, 1.807) is 49.4 Å². The van der Waals surface area contributed by atoms with E-state index in [9.17, 15) is 9.59 Å². The second-order valence-corrected chi connectivity index (χ2v) is 12.6. The monoisotopic (exact) mass is 698 g/mol. The van der Waals surface area contributed by atoms with Crippen LogP contribution in [0.3, 0.4) is 0 Å². The molecule has 1 aliphatic rings. The number of carbonyl (C=O) groups excluding carboxylic acids is 1. The molecule has 0 unspecified atom stereocenters. The molecule has 2 heterocycles. The largest absolute Gasteiger partial charge is 0.493 e. The van der Waals surface area contributed by atoms with Gasteiger partial charge < -0.3 is 14.2 Å². The number of thiazole rings is 1. The van der Waals surface area contributed by atoms with E-state index in [1.807, 2.05) is 60.9 Å². The van der Waals surface area contributed by atoms with Gasteiger partial charge in [0, 0.05) is 15.5 Å². The number of fused-ring (bicyclic) bond motifs is 1. The summed E-state index contributed by atoms with van der Waals surface area (Å²) < 4.78 is 19.8. The summed E-state index contributed by atoms with van der Waals surface area (Å²) in [7, 11) is 1.56. The first-order chi connectivity index (χ1) is 20.7. The van der Waals surface area contributed by atoms with Crippen molar-refractivity contribution in [2.45, 2.75) is 31.4 Å². The van der Waals surface area contributed by atoms with Gasteiger partial charge in [0.05, 0.1) is 40.0 Å². The van der Waals surface area contributed by atoms with Gasteiger partial charge in [0.2, 0.25) is 0 Å². The fraction of sp³-hybridized carbons (Fsp3) is 0.219. The molecule has 0 saturated carbocycles. The fourth-order valence-electron chi connectivity index (χ4n) is 4.77. The number of methoxy groups -OCH3 is 1. The van der Waals surface area contributed by atoms with Crippen molar-refractivity contribution in [2.24, 2.45) is 4.99 Å². The normalized spacial score (nSPS) is 14.7. The molecule has 5 rings (SSSR count). The molecule has 1 aromatic heterocycles. The Morgan fingerprint density at radius 2 is 1.93 bits per heavy atom. The van der Waals surface area contributed by atoms with Gasteiger partial charge in [-0.05, 0) is 83.6 Å². The van der Waals surface area contributed by atoms with Crippen molar-refractivity contribution in [3.8, 4) is 11.5 Å². The number of aromatic nitrogens is 1. The summed E-state index contributed by atoms with van der Waals surface area (Å²) >= 11 is 12.8. The Morgan fingerprint density at radius 1 is 1.19 bits per heavy atom. The van der Waals surface area contributed by atoms with Gasteiger partial charge >= 0.3 is 5.97 Å². The number of carbonyl (C=O) groups is 1. The lowest BCUT2D eigenvalue weighted by molar-refractivity contribution is -0.139. The zero-order chi connectivity index (χ0) is 30.7. The average molecular weight is 700 g/mol. The van der Waals surface area contributed by atoms with Crippen LogP contribution in [0.25, 0.3) is 6.08 Å². The quantitative estimate of drug-likeness (QED) is 0.146. The highest BCUT2D eigenvalue weighted by molar-refractivity contribution is 9.10. The number of ether oxygens (including phenoxy) is 3. The predicted molar refractivity (Wildman–Crippen MR) is 175 cm³/mol. The second kappa shape index (κ2) is 13.5. The lowest BCUT2D eigenvalue weighted by Gasteiger charge is -2.24. The van der Waals surface area contributed by atoms with Gasteiger partial charge in [0.15, 0.2) is 16.3 Å². The number of allylic oxidation sites excluding steroid dienone is 1. The number of nitrogens with zero attached hydrogens (tertiary/aromatic N) is 2. The highest BCUT2D eigenvalue weighted by Gasteiger charge is 2.33. The molecule has 0 fully saturated rings. The van der Waals surface area contributed by atoms with Gasteiger partial charge in [0.25, 0.3) is 5.56 Å². The molecule has 1 aliphatic heterocycles. The average Bonchev–Trinajstić information content (AvgIpc) is 3.30. The molecule has 11 heteroatoms. The zero-order valence-corrected chi connectivity index (χ0v) is 27.8. The molecular weight excluding hydrogens is 672 g/mol.